The summed E-state index contributed by atoms with van der Waals surface area (Å²) in [7, 11) is 1.57. The first kappa shape index (κ1) is 14.6. The van der Waals surface area contributed by atoms with Crippen LogP contribution in [0.25, 0.3) is 11.5 Å². The van der Waals surface area contributed by atoms with Crippen LogP contribution in [0.4, 0.5) is 16.4 Å². The Hall–Kier alpha value is -3.36. The number of nitrogens with one attached hydrogen (secondary N) is 3. The fourth-order valence-electron chi connectivity index (χ4n) is 1.93. The standard InChI is InChI=1S/C14H14N6O3/c1-8-3-4-10(23-8)9-7-11(19-18-9)16-14(22)17-12-13(21)20(2)6-5-15-12/h3-7H,1-2H3,(H3,15,16,17,18,19,22). The van der Waals surface area contributed by atoms with Crippen LogP contribution in [-0.2, 0) is 7.05 Å². The molecule has 118 valence electrons. The number of carbonyl (C=O) groups excluding carboxylic acids is 1. The lowest BCUT2D eigenvalue weighted by molar-refractivity contribution is 0.262. The van der Waals surface area contributed by atoms with Gasteiger partial charge in [0.05, 0.1) is 0 Å². The van der Waals surface area contributed by atoms with Crippen LogP contribution in [0.3, 0.4) is 0 Å². The first-order valence-corrected chi connectivity index (χ1v) is 6.75. The molecule has 0 fully saturated rings. The van der Waals surface area contributed by atoms with Gasteiger partial charge in [0.1, 0.15) is 11.5 Å². The van der Waals surface area contributed by atoms with Crippen molar-refractivity contribution in [2.24, 2.45) is 7.05 Å². The summed E-state index contributed by atoms with van der Waals surface area (Å²) in [6, 6.07) is 4.63. The van der Waals surface area contributed by atoms with Gasteiger partial charge in [0.25, 0.3) is 5.56 Å². The maximum Gasteiger partial charge on any atom is 0.326 e. The quantitative estimate of drug-likeness (QED) is 0.680. The van der Waals surface area contributed by atoms with Gasteiger partial charge in [-0.05, 0) is 19.1 Å². The Bertz CT molecular complexity index is 907. The zero-order chi connectivity index (χ0) is 16.4. The first-order valence-electron chi connectivity index (χ1n) is 6.75. The van der Waals surface area contributed by atoms with Gasteiger partial charge in [0.15, 0.2) is 11.6 Å². The third kappa shape index (κ3) is 3.12. The number of H-pyrrole nitrogens is 1. The van der Waals surface area contributed by atoms with E-state index in [9.17, 15) is 9.59 Å². The molecule has 9 nitrogen and oxygen atoms in total. The first-order chi connectivity index (χ1) is 11.0. The van der Waals surface area contributed by atoms with Gasteiger partial charge in [-0.3, -0.25) is 20.5 Å². The van der Waals surface area contributed by atoms with Crippen molar-refractivity contribution in [2.75, 3.05) is 10.6 Å². The van der Waals surface area contributed by atoms with Gasteiger partial charge in [-0.25, -0.2) is 9.78 Å². The molecule has 9 heteroatoms. The number of aryl methyl sites for hydroxylation is 2. The predicted molar refractivity (Wildman–Crippen MR) is 83.1 cm³/mol. The maximum atomic E-state index is 11.9. The van der Waals surface area contributed by atoms with Gasteiger partial charge in [0.2, 0.25) is 5.82 Å². The van der Waals surface area contributed by atoms with E-state index in [-0.39, 0.29) is 5.82 Å². The van der Waals surface area contributed by atoms with E-state index in [0.29, 0.717) is 17.3 Å². The average molecular weight is 314 g/mol. The Balaban J connectivity index is 1.70. The zero-order valence-corrected chi connectivity index (χ0v) is 12.5. The molecule has 0 bridgehead atoms. The van der Waals surface area contributed by atoms with E-state index in [1.165, 1.54) is 17.0 Å². The minimum atomic E-state index is -0.616. The number of aromatic amines is 1. The normalized spacial score (nSPS) is 10.5. The van der Waals surface area contributed by atoms with Crippen molar-refractivity contribution < 1.29 is 9.21 Å². The minimum Gasteiger partial charge on any atom is -0.460 e. The van der Waals surface area contributed by atoms with Gasteiger partial charge in [0, 0.05) is 25.5 Å². The maximum absolute atomic E-state index is 11.9. The summed E-state index contributed by atoms with van der Waals surface area (Å²) in [6.07, 6.45) is 2.92. The highest BCUT2D eigenvalue weighted by atomic mass is 16.3. The molecular formula is C14H14N6O3. The minimum absolute atomic E-state index is 0.0649. The Morgan fingerprint density at radius 3 is 2.91 bits per heavy atom. The average Bonchev–Trinajstić information content (AvgIpc) is 3.13. The molecular weight excluding hydrogens is 300 g/mol. The molecule has 0 radical (unpaired) electrons. The number of furan rings is 1. The molecule has 3 aromatic rings. The highest BCUT2D eigenvalue weighted by Crippen LogP contribution is 2.21. The summed E-state index contributed by atoms with van der Waals surface area (Å²) in [4.78, 5) is 27.5. The number of carbonyl (C=O) groups is 1. The van der Waals surface area contributed by atoms with E-state index < -0.39 is 11.6 Å². The lowest BCUT2D eigenvalue weighted by atomic mass is 10.3. The summed E-state index contributed by atoms with van der Waals surface area (Å²) >= 11 is 0. The largest absolute Gasteiger partial charge is 0.460 e. The number of amides is 2. The Kier molecular flexibility index (Phi) is 3.67. The highest BCUT2D eigenvalue weighted by molar-refractivity contribution is 5.98. The number of aromatic nitrogens is 4. The fourth-order valence-corrected chi connectivity index (χ4v) is 1.93. The van der Waals surface area contributed by atoms with Gasteiger partial charge in [-0.2, -0.15) is 5.10 Å². The molecule has 0 unspecified atom stereocenters. The molecule has 2 amide bonds. The second kappa shape index (κ2) is 5.79. The second-order valence-electron chi connectivity index (χ2n) is 4.85. The summed E-state index contributed by atoms with van der Waals surface area (Å²) in [5.41, 5.74) is 0.221. The molecule has 0 aromatic carbocycles. The van der Waals surface area contributed by atoms with Crippen LogP contribution in [0.5, 0.6) is 0 Å². The van der Waals surface area contributed by atoms with Crippen molar-refractivity contribution in [2.45, 2.75) is 6.92 Å². The van der Waals surface area contributed by atoms with Crippen LogP contribution in [-0.4, -0.2) is 25.8 Å². The molecule has 23 heavy (non-hydrogen) atoms. The van der Waals surface area contributed by atoms with E-state index >= 15 is 0 Å². The van der Waals surface area contributed by atoms with Crippen LogP contribution in [0.15, 0.2) is 39.8 Å². The lowest BCUT2D eigenvalue weighted by Crippen LogP contribution is -2.28. The van der Waals surface area contributed by atoms with E-state index in [1.807, 2.05) is 13.0 Å². The number of nitrogens with zero attached hydrogens (tertiary/aromatic N) is 3. The Morgan fingerprint density at radius 2 is 2.17 bits per heavy atom. The molecule has 3 heterocycles. The number of anilines is 2. The Morgan fingerprint density at radius 1 is 1.35 bits per heavy atom. The van der Waals surface area contributed by atoms with Crippen molar-refractivity contribution >= 4 is 17.7 Å². The van der Waals surface area contributed by atoms with Crippen LogP contribution < -0.4 is 16.2 Å². The molecule has 0 spiro atoms. The molecule has 3 aromatic heterocycles. The topological polar surface area (TPSA) is 118 Å². The zero-order valence-electron chi connectivity index (χ0n) is 12.5. The monoisotopic (exact) mass is 314 g/mol. The van der Waals surface area contributed by atoms with E-state index in [1.54, 1.807) is 19.2 Å². The van der Waals surface area contributed by atoms with Gasteiger partial charge in [-0.1, -0.05) is 0 Å². The second-order valence-corrected chi connectivity index (χ2v) is 4.85. The van der Waals surface area contributed by atoms with Crippen molar-refractivity contribution in [3.8, 4) is 11.5 Å². The van der Waals surface area contributed by atoms with Crippen LogP contribution in [0, 0.1) is 6.92 Å². The van der Waals surface area contributed by atoms with Crippen LogP contribution in [0.2, 0.25) is 0 Å². The molecule has 0 aliphatic rings. The summed E-state index contributed by atoms with van der Waals surface area (Å²) in [5, 5.41) is 11.6. The SMILES string of the molecule is Cc1ccc(-c2cc(NC(=O)Nc3nccn(C)c3=O)n[nH]2)o1. The molecule has 0 atom stereocenters. The van der Waals surface area contributed by atoms with Gasteiger partial charge < -0.3 is 8.98 Å². The molecule has 3 N–H and O–H groups in total. The summed E-state index contributed by atoms with van der Waals surface area (Å²) in [5.74, 6) is 1.61. The summed E-state index contributed by atoms with van der Waals surface area (Å²) in [6.45, 7) is 1.83. The summed E-state index contributed by atoms with van der Waals surface area (Å²) < 4.78 is 6.77. The van der Waals surface area contributed by atoms with E-state index in [2.05, 4.69) is 25.8 Å². The number of urea groups is 1. The smallest absolute Gasteiger partial charge is 0.326 e. The number of hydrogen-bond donors (Lipinski definition) is 3. The van der Waals surface area contributed by atoms with Gasteiger partial charge >= 0.3 is 6.03 Å². The molecule has 0 saturated carbocycles. The van der Waals surface area contributed by atoms with Gasteiger partial charge in [-0.15, -0.1) is 0 Å². The molecule has 0 aliphatic carbocycles. The Labute approximate surface area is 130 Å². The van der Waals surface area contributed by atoms with Crippen molar-refractivity contribution in [3.63, 3.8) is 0 Å². The third-order valence-corrected chi connectivity index (χ3v) is 3.07. The third-order valence-electron chi connectivity index (χ3n) is 3.07. The predicted octanol–water partition coefficient (Wildman–Crippen LogP) is 1.72. The van der Waals surface area contributed by atoms with Crippen molar-refractivity contribution in [1.29, 1.82) is 0 Å². The number of hydrogen-bond acceptors (Lipinski definition) is 5. The van der Waals surface area contributed by atoms with Crippen molar-refractivity contribution in [3.05, 3.63) is 46.7 Å². The van der Waals surface area contributed by atoms with E-state index in [4.69, 9.17) is 4.42 Å². The van der Waals surface area contributed by atoms with Crippen LogP contribution >= 0.6 is 0 Å². The lowest BCUT2D eigenvalue weighted by Gasteiger charge is -2.04. The van der Waals surface area contributed by atoms with Crippen LogP contribution in [0.1, 0.15) is 5.76 Å². The number of rotatable bonds is 3. The van der Waals surface area contributed by atoms with E-state index in [0.717, 1.165) is 5.76 Å². The molecule has 3 rings (SSSR count). The fraction of sp³-hybridized carbons (Fsp3) is 0.143. The highest BCUT2D eigenvalue weighted by Gasteiger charge is 2.11. The molecule has 0 aliphatic heterocycles. The van der Waals surface area contributed by atoms with Crippen molar-refractivity contribution in [1.82, 2.24) is 19.7 Å². The molecule has 0 saturated heterocycles.